The quantitative estimate of drug-likeness (QED) is 0.803. The van der Waals surface area contributed by atoms with Gasteiger partial charge < -0.3 is 19.9 Å². The van der Waals surface area contributed by atoms with Gasteiger partial charge in [-0.1, -0.05) is 43.2 Å². The summed E-state index contributed by atoms with van der Waals surface area (Å²) in [7, 11) is 0. The number of likely N-dealkylation sites (tertiary alicyclic amines) is 1. The standard InChI is InChI=1S/C23H31N5O2/c29-23(30-18-19-9-4-3-5-10-19)28-16-8-11-20(17-28)25-22-24-13-12-21(26-22)27-14-6-1-2-7-15-27/h3-5,9-10,12-13,20H,1-2,6-8,11,14-18H2,(H,24,25,26). The maximum atomic E-state index is 12.5. The van der Waals surface area contributed by atoms with Crippen molar-refractivity contribution >= 4 is 17.9 Å². The second-order valence-electron chi connectivity index (χ2n) is 8.11. The summed E-state index contributed by atoms with van der Waals surface area (Å²) >= 11 is 0. The van der Waals surface area contributed by atoms with Crippen molar-refractivity contribution in [3.05, 3.63) is 48.2 Å². The number of hydrogen-bond acceptors (Lipinski definition) is 6. The normalized spacial score (nSPS) is 19.8. The van der Waals surface area contributed by atoms with Crippen LogP contribution >= 0.6 is 0 Å². The largest absolute Gasteiger partial charge is 0.445 e. The Hall–Kier alpha value is -2.83. The van der Waals surface area contributed by atoms with E-state index >= 15 is 0 Å². The molecule has 2 aliphatic heterocycles. The second-order valence-corrected chi connectivity index (χ2v) is 8.11. The van der Waals surface area contributed by atoms with E-state index in [0.29, 0.717) is 19.1 Å². The number of amides is 1. The van der Waals surface area contributed by atoms with Crippen LogP contribution in [0.25, 0.3) is 0 Å². The first-order valence-corrected chi connectivity index (χ1v) is 11.1. The van der Waals surface area contributed by atoms with Gasteiger partial charge in [0.05, 0.1) is 0 Å². The number of hydrogen-bond donors (Lipinski definition) is 1. The van der Waals surface area contributed by atoms with Crippen molar-refractivity contribution < 1.29 is 9.53 Å². The van der Waals surface area contributed by atoms with Crippen molar-refractivity contribution in [2.75, 3.05) is 36.4 Å². The minimum atomic E-state index is -0.260. The second kappa shape index (κ2) is 10.3. The number of rotatable bonds is 5. The SMILES string of the molecule is O=C(OCc1ccccc1)N1CCCC(Nc2nccc(N3CCCCCC3)n2)C1. The van der Waals surface area contributed by atoms with E-state index < -0.39 is 0 Å². The maximum Gasteiger partial charge on any atom is 0.410 e. The molecule has 0 radical (unpaired) electrons. The number of piperidine rings is 1. The van der Waals surface area contributed by atoms with Crippen LogP contribution in [0, 0.1) is 0 Å². The Labute approximate surface area is 178 Å². The highest BCUT2D eigenvalue weighted by Gasteiger charge is 2.25. The number of benzene rings is 1. The highest BCUT2D eigenvalue weighted by Crippen LogP contribution is 2.20. The first-order chi connectivity index (χ1) is 14.8. The minimum Gasteiger partial charge on any atom is -0.445 e. The number of nitrogens with one attached hydrogen (secondary N) is 1. The summed E-state index contributed by atoms with van der Waals surface area (Å²) in [5.41, 5.74) is 0.997. The van der Waals surface area contributed by atoms with Crippen LogP contribution in [0.4, 0.5) is 16.6 Å². The molecule has 0 saturated carbocycles. The van der Waals surface area contributed by atoms with Gasteiger partial charge in [0.15, 0.2) is 0 Å². The summed E-state index contributed by atoms with van der Waals surface area (Å²) in [6, 6.07) is 11.9. The molecule has 0 aliphatic carbocycles. The molecular weight excluding hydrogens is 378 g/mol. The van der Waals surface area contributed by atoms with Gasteiger partial charge in [0.2, 0.25) is 5.95 Å². The van der Waals surface area contributed by atoms with Crippen LogP contribution in [-0.2, 0) is 11.3 Å². The third-order valence-electron chi connectivity index (χ3n) is 5.79. The lowest BCUT2D eigenvalue weighted by Crippen LogP contribution is -2.45. The smallest absolute Gasteiger partial charge is 0.410 e. The van der Waals surface area contributed by atoms with Crippen molar-refractivity contribution in [3.63, 3.8) is 0 Å². The van der Waals surface area contributed by atoms with Crippen LogP contribution in [-0.4, -0.2) is 53.2 Å². The Morgan fingerprint density at radius 2 is 1.83 bits per heavy atom. The molecule has 1 aromatic heterocycles. The van der Waals surface area contributed by atoms with Gasteiger partial charge >= 0.3 is 6.09 Å². The molecule has 1 unspecified atom stereocenters. The topological polar surface area (TPSA) is 70.6 Å². The predicted octanol–water partition coefficient (Wildman–Crippen LogP) is 4.07. The Morgan fingerprint density at radius 1 is 1.03 bits per heavy atom. The molecule has 1 N–H and O–H groups in total. The minimum absolute atomic E-state index is 0.127. The Morgan fingerprint density at radius 3 is 2.63 bits per heavy atom. The molecule has 160 valence electrons. The molecule has 7 nitrogen and oxygen atoms in total. The molecule has 4 rings (SSSR count). The van der Waals surface area contributed by atoms with Crippen molar-refractivity contribution in [1.29, 1.82) is 0 Å². The number of ether oxygens (including phenoxy) is 1. The molecule has 1 atom stereocenters. The van der Waals surface area contributed by atoms with E-state index in [9.17, 15) is 4.79 Å². The van der Waals surface area contributed by atoms with Gasteiger partial charge in [-0.15, -0.1) is 0 Å². The third-order valence-corrected chi connectivity index (χ3v) is 5.79. The van der Waals surface area contributed by atoms with Crippen molar-refractivity contribution in [2.45, 2.75) is 51.2 Å². The summed E-state index contributed by atoms with van der Waals surface area (Å²) in [6.45, 7) is 3.74. The Balaban J connectivity index is 1.31. The average molecular weight is 410 g/mol. The van der Waals surface area contributed by atoms with Crippen LogP contribution in [0.1, 0.15) is 44.1 Å². The molecule has 1 amide bonds. The summed E-state index contributed by atoms with van der Waals surface area (Å²) in [6.07, 6.45) is 8.51. The fourth-order valence-corrected chi connectivity index (χ4v) is 4.15. The van der Waals surface area contributed by atoms with Gasteiger partial charge in [-0.25, -0.2) is 9.78 Å². The van der Waals surface area contributed by atoms with E-state index in [4.69, 9.17) is 9.72 Å². The van der Waals surface area contributed by atoms with Crippen LogP contribution in [0.3, 0.4) is 0 Å². The zero-order valence-corrected chi connectivity index (χ0v) is 17.5. The highest BCUT2D eigenvalue weighted by molar-refractivity contribution is 5.68. The van der Waals surface area contributed by atoms with Crippen LogP contribution in [0.2, 0.25) is 0 Å². The molecule has 2 aromatic rings. The van der Waals surface area contributed by atoms with Gasteiger partial charge in [0, 0.05) is 38.4 Å². The van der Waals surface area contributed by atoms with Gasteiger partial charge in [-0.3, -0.25) is 0 Å². The molecule has 2 fully saturated rings. The van der Waals surface area contributed by atoms with Gasteiger partial charge in [-0.2, -0.15) is 4.98 Å². The Kier molecular flexibility index (Phi) is 7.00. The van der Waals surface area contributed by atoms with Crippen LogP contribution in [0.15, 0.2) is 42.6 Å². The lowest BCUT2D eigenvalue weighted by atomic mass is 10.1. The van der Waals surface area contributed by atoms with E-state index in [1.54, 1.807) is 4.90 Å². The highest BCUT2D eigenvalue weighted by atomic mass is 16.6. The number of aromatic nitrogens is 2. The third kappa shape index (κ3) is 5.62. The van der Waals surface area contributed by atoms with Crippen molar-refractivity contribution in [3.8, 4) is 0 Å². The summed E-state index contributed by atoms with van der Waals surface area (Å²) in [5.74, 6) is 1.63. The average Bonchev–Trinajstić information content (AvgIpc) is 3.08. The van der Waals surface area contributed by atoms with Crippen molar-refractivity contribution in [1.82, 2.24) is 14.9 Å². The first-order valence-electron chi connectivity index (χ1n) is 11.1. The van der Waals surface area contributed by atoms with E-state index in [2.05, 4.69) is 15.2 Å². The number of carbonyl (C=O) groups is 1. The number of anilines is 2. The van der Waals surface area contributed by atoms with Crippen LogP contribution in [0.5, 0.6) is 0 Å². The number of nitrogens with zero attached hydrogens (tertiary/aromatic N) is 4. The van der Waals surface area contributed by atoms with Gasteiger partial charge in [0.25, 0.3) is 0 Å². The molecule has 1 aromatic carbocycles. The van der Waals surface area contributed by atoms with E-state index in [1.807, 2.05) is 42.6 Å². The summed E-state index contributed by atoms with van der Waals surface area (Å²) in [5, 5.41) is 3.44. The molecule has 2 saturated heterocycles. The fraction of sp³-hybridized carbons (Fsp3) is 0.522. The molecule has 2 aliphatic rings. The molecule has 7 heteroatoms. The van der Waals surface area contributed by atoms with Gasteiger partial charge in [0.1, 0.15) is 12.4 Å². The van der Waals surface area contributed by atoms with E-state index in [0.717, 1.165) is 43.9 Å². The first kappa shape index (κ1) is 20.4. The van der Waals surface area contributed by atoms with E-state index in [-0.39, 0.29) is 12.1 Å². The molecule has 3 heterocycles. The summed E-state index contributed by atoms with van der Waals surface area (Å²) < 4.78 is 5.50. The predicted molar refractivity (Wildman–Crippen MR) is 118 cm³/mol. The lowest BCUT2D eigenvalue weighted by Gasteiger charge is -2.32. The summed E-state index contributed by atoms with van der Waals surface area (Å²) in [4.78, 5) is 25.8. The molecule has 0 bridgehead atoms. The monoisotopic (exact) mass is 409 g/mol. The Bertz CT molecular complexity index is 808. The zero-order chi connectivity index (χ0) is 20.6. The van der Waals surface area contributed by atoms with Crippen LogP contribution < -0.4 is 10.2 Å². The van der Waals surface area contributed by atoms with Crippen molar-refractivity contribution in [2.24, 2.45) is 0 Å². The molecule has 30 heavy (non-hydrogen) atoms. The molecular formula is C23H31N5O2. The maximum absolute atomic E-state index is 12.5. The lowest BCUT2D eigenvalue weighted by molar-refractivity contribution is 0.0874. The molecule has 0 spiro atoms. The van der Waals surface area contributed by atoms with E-state index in [1.165, 1.54) is 25.7 Å². The van der Waals surface area contributed by atoms with Gasteiger partial charge in [-0.05, 0) is 37.3 Å². The zero-order valence-electron chi connectivity index (χ0n) is 17.5. The fourth-order valence-electron chi connectivity index (χ4n) is 4.15. The number of carbonyl (C=O) groups excluding carboxylic acids is 1.